The molecule has 0 saturated heterocycles. The van der Waals surface area contributed by atoms with Crippen molar-refractivity contribution in [3.63, 3.8) is 0 Å². The number of rotatable bonds is 8. The van der Waals surface area contributed by atoms with E-state index < -0.39 is 0 Å². The van der Waals surface area contributed by atoms with Crippen LogP contribution < -0.4 is 5.32 Å². The third-order valence-corrected chi connectivity index (χ3v) is 4.06. The van der Waals surface area contributed by atoms with Gasteiger partial charge in [0, 0.05) is 12.6 Å². The lowest BCUT2D eigenvalue weighted by Gasteiger charge is -2.07. The number of hydrogen-bond acceptors (Lipinski definition) is 2. The van der Waals surface area contributed by atoms with Gasteiger partial charge in [0.25, 0.3) is 0 Å². The SMILES string of the molecule is CC(C)O[SiH2]CCCNCc1ccccc1. The van der Waals surface area contributed by atoms with Crippen LogP contribution in [0.1, 0.15) is 25.8 Å². The number of nitrogens with one attached hydrogen (secondary N) is 1. The lowest BCUT2D eigenvalue weighted by atomic mass is 10.2. The van der Waals surface area contributed by atoms with Gasteiger partial charge in [0.05, 0.1) is 0 Å². The summed E-state index contributed by atoms with van der Waals surface area (Å²) in [4.78, 5) is 0. The molecule has 16 heavy (non-hydrogen) atoms. The van der Waals surface area contributed by atoms with Crippen molar-refractivity contribution < 1.29 is 4.43 Å². The topological polar surface area (TPSA) is 21.3 Å². The van der Waals surface area contributed by atoms with Crippen molar-refractivity contribution >= 4 is 9.76 Å². The summed E-state index contributed by atoms with van der Waals surface area (Å²) in [5, 5.41) is 3.46. The van der Waals surface area contributed by atoms with E-state index in [1.54, 1.807) is 0 Å². The van der Waals surface area contributed by atoms with Crippen molar-refractivity contribution in [2.75, 3.05) is 6.54 Å². The van der Waals surface area contributed by atoms with Crippen LogP contribution in [0.2, 0.25) is 6.04 Å². The molecule has 0 heterocycles. The average Bonchev–Trinajstić information content (AvgIpc) is 2.29. The average molecular weight is 237 g/mol. The first-order valence-electron chi connectivity index (χ1n) is 6.15. The van der Waals surface area contributed by atoms with E-state index in [0.717, 1.165) is 13.1 Å². The van der Waals surface area contributed by atoms with Gasteiger partial charge in [-0.05, 0) is 38.4 Å². The molecule has 0 spiro atoms. The van der Waals surface area contributed by atoms with Crippen LogP contribution in [-0.2, 0) is 11.0 Å². The summed E-state index contributed by atoms with van der Waals surface area (Å²) >= 11 is 0. The monoisotopic (exact) mass is 237 g/mol. The Hall–Kier alpha value is -0.643. The van der Waals surface area contributed by atoms with Crippen molar-refractivity contribution in [3.8, 4) is 0 Å². The molecule has 1 N–H and O–H groups in total. The van der Waals surface area contributed by atoms with Crippen LogP contribution in [-0.4, -0.2) is 22.4 Å². The van der Waals surface area contributed by atoms with E-state index >= 15 is 0 Å². The van der Waals surface area contributed by atoms with Gasteiger partial charge in [0.1, 0.15) is 0 Å². The Morgan fingerprint density at radius 2 is 2.00 bits per heavy atom. The first-order valence-corrected chi connectivity index (χ1v) is 7.73. The minimum atomic E-state index is -0.267. The van der Waals surface area contributed by atoms with Gasteiger partial charge in [-0.1, -0.05) is 30.3 Å². The Kier molecular flexibility index (Phi) is 7.13. The molecule has 0 aromatic heterocycles. The van der Waals surface area contributed by atoms with Gasteiger partial charge in [0.15, 0.2) is 9.76 Å². The first-order chi connectivity index (χ1) is 7.79. The Morgan fingerprint density at radius 3 is 2.69 bits per heavy atom. The van der Waals surface area contributed by atoms with Gasteiger partial charge in [0.2, 0.25) is 0 Å². The molecule has 0 atom stereocenters. The third kappa shape index (κ3) is 6.77. The zero-order valence-electron chi connectivity index (χ0n) is 10.4. The molecule has 0 unspecified atom stereocenters. The standard InChI is InChI=1S/C13H23NOSi/c1-12(2)15-16-10-6-9-14-11-13-7-4-3-5-8-13/h3-5,7-8,12,14H,6,9-11,16H2,1-2H3. The molecule has 0 aliphatic heterocycles. The van der Waals surface area contributed by atoms with E-state index in [0.29, 0.717) is 6.10 Å². The molecule has 0 bridgehead atoms. The van der Waals surface area contributed by atoms with Gasteiger partial charge in [-0.2, -0.15) is 0 Å². The molecule has 3 heteroatoms. The Labute approximate surface area is 101 Å². The fourth-order valence-corrected chi connectivity index (χ4v) is 2.59. The van der Waals surface area contributed by atoms with Crippen molar-refractivity contribution in [1.82, 2.24) is 5.32 Å². The van der Waals surface area contributed by atoms with Crippen molar-refractivity contribution in [1.29, 1.82) is 0 Å². The van der Waals surface area contributed by atoms with Crippen LogP contribution >= 0.6 is 0 Å². The molecular formula is C13H23NOSi. The predicted molar refractivity (Wildman–Crippen MR) is 72.3 cm³/mol. The van der Waals surface area contributed by atoms with Crippen LogP contribution in [0, 0.1) is 0 Å². The summed E-state index contributed by atoms with van der Waals surface area (Å²) in [5.74, 6) is 0. The van der Waals surface area contributed by atoms with Crippen LogP contribution in [0.3, 0.4) is 0 Å². The molecule has 0 radical (unpaired) electrons. The minimum absolute atomic E-state index is 0.267. The predicted octanol–water partition coefficient (Wildman–Crippen LogP) is 2.09. The van der Waals surface area contributed by atoms with E-state index in [-0.39, 0.29) is 9.76 Å². The molecule has 1 aromatic carbocycles. The van der Waals surface area contributed by atoms with Gasteiger partial charge >= 0.3 is 0 Å². The number of benzene rings is 1. The van der Waals surface area contributed by atoms with Gasteiger partial charge < -0.3 is 9.74 Å². The largest absolute Gasteiger partial charge is 0.422 e. The maximum atomic E-state index is 5.62. The van der Waals surface area contributed by atoms with Crippen LogP contribution in [0.4, 0.5) is 0 Å². The maximum absolute atomic E-state index is 5.62. The zero-order chi connectivity index (χ0) is 11.6. The second kappa shape index (κ2) is 8.50. The smallest absolute Gasteiger partial charge is 0.161 e. The third-order valence-electron chi connectivity index (χ3n) is 2.37. The molecule has 0 fully saturated rings. The summed E-state index contributed by atoms with van der Waals surface area (Å²) in [6.45, 7) is 6.30. The summed E-state index contributed by atoms with van der Waals surface area (Å²) in [6.07, 6.45) is 1.66. The fraction of sp³-hybridized carbons (Fsp3) is 0.538. The van der Waals surface area contributed by atoms with Crippen molar-refractivity contribution in [3.05, 3.63) is 35.9 Å². The van der Waals surface area contributed by atoms with Gasteiger partial charge in [-0.25, -0.2) is 0 Å². The molecule has 1 aromatic rings. The van der Waals surface area contributed by atoms with Gasteiger partial charge in [-0.3, -0.25) is 0 Å². The molecular weight excluding hydrogens is 214 g/mol. The molecule has 1 rings (SSSR count). The highest BCUT2D eigenvalue weighted by molar-refractivity contribution is 6.27. The quantitative estimate of drug-likeness (QED) is 0.552. The summed E-state index contributed by atoms with van der Waals surface area (Å²) in [6, 6.07) is 11.8. The van der Waals surface area contributed by atoms with Crippen LogP contribution in [0.15, 0.2) is 30.3 Å². The zero-order valence-corrected chi connectivity index (χ0v) is 11.8. The lowest BCUT2D eigenvalue weighted by molar-refractivity contribution is 0.255. The second-order valence-corrected chi connectivity index (χ2v) is 5.74. The summed E-state index contributed by atoms with van der Waals surface area (Å²) in [5.41, 5.74) is 1.36. The van der Waals surface area contributed by atoms with Crippen molar-refractivity contribution in [2.45, 2.75) is 39.0 Å². The highest BCUT2D eigenvalue weighted by Gasteiger charge is 1.94. The minimum Gasteiger partial charge on any atom is -0.422 e. The summed E-state index contributed by atoms with van der Waals surface area (Å²) in [7, 11) is -0.267. The molecule has 0 aliphatic carbocycles. The lowest BCUT2D eigenvalue weighted by Crippen LogP contribution is -2.16. The first kappa shape index (κ1) is 13.4. The van der Waals surface area contributed by atoms with Crippen LogP contribution in [0.5, 0.6) is 0 Å². The number of hydrogen-bond donors (Lipinski definition) is 1. The Morgan fingerprint density at radius 1 is 1.25 bits per heavy atom. The highest BCUT2D eigenvalue weighted by Crippen LogP contribution is 1.97. The Bertz CT molecular complexity index is 264. The molecule has 90 valence electrons. The molecule has 0 aliphatic rings. The highest BCUT2D eigenvalue weighted by atomic mass is 28.2. The van der Waals surface area contributed by atoms with Crippen LogP contribution in [0.25, 0.3) is 0 Å². The second-order valence-electron chi connectivity index (χ2n) is 4.29. The maximum Gasteiger partial charge on any atom is 0.161 e. The van der Waals surface area contributed by atoms with E-state index in [1.165, 1.54) is 18.0 Å². The van der Waals surface area contributed by atoms with Crippen molar-refractivity contribution in [2.24, 2.45) is 0 Å². The van der Waals surface area contributed by atoms with E-state index in [9.17, 15) is 0 Å². The molecule has 0 saturated carbocycles. The molecule has 0 amide bonds. The normalized spacial score (nSPS) is 11.7. The Balaban J connectivity index is 1.93. The van der Waals surface area contributed by atoms with E-state index in [2.05, 4.69) is 49.5 Å². The van der Waals surface area contributed by atoms with Gasteiger partial charge in [-0.15, -0.1) is 0 Å². The molecule has 2 nitrogen and oxygen atoms in total. The van der Waals surface area contributed by atoms with E-state index in [4.69, 9.17) is 4.43 Å². The summed E-state index contributed by atoms with van der Waals surface area (Å²) < 4.78 is 5.62. The van der Waals surface area contributed by atoms with E-state index in [1.807, 2.05) is 0 Å². The fourth-order valence-electron chi connectivity index (χ4n) is 1.50.